The lowest BCUT2D eigenvalue weighted by molar-refractivity contribution is 0.487. The topological polar surface area (TPSA) is 53.1 Å². The fourth-order valence-corrected chi connectivity index (χ4v) is 1.12. The molecule has 3 N–H and O–H groups in total. The molecule has 0 saturated heterocycles. The first-order valence-electron chi connectivity index (χ1n) is 3.24. The molecule has 1 aliphatic rings. The van der Waals surface area contributed by atoms with Gasteiger partial charge in [0.05, 0.1) is 5.57 Å². The van der Waals surface area contributed by atoms with E-state index in [9.17, 15) is 0 Å². The summed E-state index contributed by atoms with van der Waals surface area (Å²) in [5, 5.41) is 7.71. The van der Waals surface area contributed by atoms with Gasteiger partial charge in [0.1, 0.15) is 11.0 Å². The van der Waals surface area contributed by atoms with Gasteiger partial charge in [-0.05, 0) is 0 Å². The van der Waals surface area contributed by atoms with Crippen LogP contribution >= 0.6 is 11.6 Å². The number of nitrogens with zero attached hydrogens (tertiary/aromatic N) is 1. The van der Waals surface area contributed by atoms with E-state index in [0.29, 0.717) is 10.7 Å². The molecular formula is C7H10ClN3. The van der Waals surface area contributed by atoms with Crippen LogP contribution in [0.4, 0.5) is 0 Å². The number of nitrogens with one attached hydrogen (secondary N) is 1. The van der Waals surface area contributed by atoms with Crippen molar-refractivity contribution in [2.24, 2.45) is 5.73 Å². The van der Waals surface area contributed by atoms with Crippen LogP contribution in [-0.2, 0) is 0 Å². The van der Waals surface area contributed by atoms with Gasteiger partial charge in [-0.25, -0.2) is 0 Å². The van der Waals surface area contributed by atoms with Gasteiger partial charge in [-0.2, -0.15) is 0 Å². The second-order valence-electron chi connectivity index (χ2n) is 2.40. The lowest BCUT2D eigenvalue weighted by atomic mass is 10.2. The van der Waals surface area contributed by atoms with Crippen molar-refractivity contribution in [3.63, 3.8) is 0 Å². The second kappa shape index (κ2) is 2.96. The molecule has 1 heterocycles. The third kappa shape index (κ3) is 1.54. The lowest BCUT2D eigenvalue weighted by Gasteiger charge is -2.21. The van der Waals surface area contributed by atoms with Crippen LogP contribution in [0.3, 0.4) is 0 Å². The Bertz CT molecular complexity index is 242. The third-order valence-corrected chi connectivity index (χ3v) is 2.00. The Morgan fingerprint density at radius 1 is 1.82 bits per heavy atom. The fourth-order valence-electron chi connectivity index (χ4n) is 0.884. The number of hydrogen-bond donors (Lipinski definition) is 2. The van der Waals surface area contributed by atoms with Crippen LogP contribution in [0.1, 0.15) is 0 Å². The van der Waals surface area contributed by atoms with Crippen molar-refractivity contribution in [1.29, 1.82) is 5.41 Å². The highest BCUT2D eigenvalue weighted by molar-refractivity contribution is 6.32. The highest BCUT2D eigenvalue weighted by atomic mass is 35.5. The molecule has 1 aliphatic heterocycles. The van der Waals surface area contributed by atoms with Crippen molar-refractivity contribution in [3.05, 3.63) is 22.9 Å². The molecule has 0 amide bonds. The van der Waals surface area contributed by atoms with Crippen LogP contribution < -0.4 is 5.73 Å². The number of hydrogen-bond acceptors (Lipinski definition) is 2. The monoisotopic (exact) mass is 171 g/mol. The minimum Gasteiger partial charge on any atom is -0.384 e. The van der Waals surface area contributed by atoms with E-state index in [4.69, 9.17) is 22.7 Å². The molecule has 0 radical (unpaired) electrons. The quantitative estimate of drug-likeness (QED) is 0.350. The Balaban J connectivity index is 2.98. The first-order chi connectivity index (χ1) is 5.13. The van der Waals surface area contributed by atoms with Crippen molar-refractivity contribution in [2.75, 3.05) is 13.6 Å². The van der Waals surface area contributed by atoms with Gasteiger partial charge in [-0.1, -0.05) is 23.8 Å². The average molecular weight is 172 g/mol. The summed E-state index contributed by atoms with van der Waals surface area (Å²) in [6.07, 6.45) is 3.69. The van der Waals surface area contributed by atoms with Gasteiger partial charge in [0.2, 0.25) is 0 Å². The molecule has 1 rings (SSSR count). The molecule has 3 nitrogen and oxygen atoms in total. The molecule has 0 unspecified atom stereocenters. The number of rotatable bonds is 1. The minimum absolute atomic E-state index is 0.0119. The van der Waals surface area contributed by atoms with Crippen molar-refractivity contribution < 1.29 is 0 Å². The fraction of sp³-hybridized carbons (Fsp3) is 0.286. The summed E-state index contributed by atoms with van der Waals surface area (Å²) < 4.78 is 0. The summed E-state index contributed by atoms with van der Waals surface area (Å²) in [6, 6.07) is 0. The molecule has 4 heteroatoms. The van der Waals surface area contributed by atoms with Gasteiger partial charge < -0.3 is 10.6 Å². The first-order valence-corrected chi connectivity index (χ1v) is 3.62. The van der Waals surface area contributed by atoms with E-state index in [-0.39, 0.29) is 5.84 Å². The van der Waals surface area contributed by atoms with Gasteiger partial charge in [0, 0.05) is 13.6 Å². The summed E-state index contributed by atoms with van der Waals surface area (Å²) >= 11 is 5.86. The summed E-state index contributed by atoms with van der Waals surface area (Å²) in [5.74, 6) is 0.0119. The molecule has 0 aromatic heterocycles. The van der Waals surface area contributed by atoms with Crippen LogP contribution in [0.2, 0.25) is 0 Å². The van der Waals surface area contributed by atoms with Crippen LogP contribution in [0, 0.1) is 5.41 Å². The molecule has 0 aromatic rings. The zero-order chi connectivity index (χ0) is 8.43. The Morgan fingerprint density at radius 2 is 2.45 bits per heavy atom. The summed E-state index contributed by atoms with van der Waals surface area (Å²) in [7, 11) is 1.86. The van der Waals surface area contributed by atoms with Gasteiger partial charge in [-0.15, -0.1) is 0 Å². The standard InChI is InChI=1S/C7H10ClN3/c1-11-4-2-3-5(6(11)8)7(9)10/h2-3H,4H2,1H3,(H3,9,10). The number of amidine groups is 1. The Kier molecular flexibility index (Phi) is 2.19. The molecule has 0 aromatic carbocycles. The normalized spacial score (nSPS) is 17.5. The summed E-state index contributed by atoms with van der Waals surface area (Å²) in [5.41, 5.74) is 5.88. The first kappa shape index (κ1) is 8.14. The molecule has 0 fully saturated rings. The molecule has 0 bridgehead atoms. The average Bonchev–Trinajstić information content (AvgIpc) is 1.94. The van der Waals surface area contributed by atoms with E-state index in [1.165, 1.54) is 0 Å². The Labute approximate surface area is 70.6 Å². The highest BCUT2D eigenvalue weighted by Crippen LogP contribution is 2.18. The molecule has 0 spiro atoms. The smallest absolute Gasteiger partial charge is 0.125 e. The molecule has 0 aliphatic carbocycles. The molecule has 0 atom stereocenters. The second-order valence-corrected chi connectivity index (χ2v) is 2.76. The largest absolute Gasteiger partial charge is 0.384 e. The Hall–Kier alpha value is -0.960. The van der Waals surface area contributed by atoms with E-state index in [0.717, 1.165) is 6.54 Å². The van der Waals surface area contributed by atoms with Gasteiger partial charge >= 0.3 is 0 Å². The predicted molar refractivity (Wildman–Crippen MR) is 46.6 cm³/mol. The maximum absolute atomic E-state index is 7.17. The van der Waals surface area contributed by atoms with E-state index in [1.807, 2.05) is 18.0 Å². The van der Waals surface area contributed by atoms with Crippen molar-refractivity contribution >= 4 is 17.4 Å². The van der Waals surface area contributed by atoms with Gasteiger partial charge in [0.25, 0.3) is 0 Å². The SMILES string of the molecule is CN1CC=CC(C(=N)N)=C1Cl. The Morgan fingerprint density at radius 3 is 2.91 bits per heavy atom. The molecule has 11 heavy (non-hydrogen) atoms. The number of halogens is 1. The van der Waals surface area contributed by atoms with E-state index in [2.05, 4.69) is 0 Å². The van der Waals surface area contributed by atoms with E-state index < -0.39 is 0 Å². The summed E-state index contributed by atoms with van der Waals surface area (Å²) in [4.78, 5) is 1.83. The molecule has 0 saturated carbocycles. The molecular weight excluding hydrogens is 162 g/mol. The summed E-state index contributed by atoms with van der Waals surface area (Å²) in [6.45, 7) is 0.773. The zero-order valence-electron chi connectivity index (χ0n) is 6.26. The zero-order valence-corrected chi connectivity index (χ0v) is 7.02. The molecule has 60 valence electrons. The van der Waals surface area contributed by atoms with Crippen molar-refractivity contribution in [2.45, 2.75) is 0 Å². The number of likely N-dealkylation sites (N-methyl/N-ethyl adjacent to an activating group) is 1. The van der Waals surface area contributed by atoms with Crippen LogP contribution in [-0.4, -0.2) is 24.3 Å². The maximum atomic E-state index is 7.17. The van der Waals surface area contributed by atoms with Gasteiger partial charge in [0.15, 0.2) is 0 Å². The van der Waals surface area contributed by atoms with E-state index in [1.54, 1.807) is 6.08 Å². The highest BCUT2D eigenvalue weighted by Gasteiger charge is 2.11. The van der Waals surface area contributed by atoms with Crippen LogP contribution in [0.5, 0.6) is 0 Å². The van der Waals surface area contributed by atoms with Crippen molar-refractivity contribution in [1.82, 2.24) is 4.90 Å². The minimum atomic E-state index is 0.0119. The maximum Gasteiger partial charge on any atom is 0.125 e. The van der Waals surface area contributed by atoms with Crippen molar-refractivity contribution in [3.8, 4) is 0 Å². The van der Waals surface area contributed by atoms with Gasteiger partial charge in [-0.3, -0.25) is 5.41 Å². The predicted octanol–water partition coefficient (Wildman–Crippen LogP) is 0.874. The van der Waals surface area contributed by atoms with Crippen LogP contribution in [0.15, 0.2) is 22.9 Å². The number of nitrogens with two attached hydrogens (primary N) is 1. The lowest BCUT2D eigenvalue weighted by Crippen LogP contribution is -2.24. The van der Waals surface area contributed by atoms with Crippen LogP contribution in [0.25, 0.3) is 0 Å². The van der Waals surface area contributed by atoms with E-state index >= 15 is 0 Å². The third-order valence-electron chi connectivity index (χ3n) is 1.51.